The first-order valence-corrected chi connectivity index (χ1v) is 8.90. The van der Waals surface area contributed by atoms with Crippen molar-refractivity contribution in [1.29, 1.82) is 0 Å². The van der Waals surface area contributed by atoms with Gasteiger partial charge in [-0.15, -0.1) is 6.58 Å². The summed E-state index contributed by atoms with van der Waals surface area (Å²) in [5, 5.41) is 1.64. The van der Waals surface area contributed by atoms with Crippen molar-refractivity contribution in [1.82, 2.24) is 4.57 Å². The summed E-state index contributed by atoms with van der Waals surface area (Å²) in [4.78, 5) is 26.5. The molecule has 5 nitrogen and oxygen atoms in total. The molecule has 0 spiro atoms. The summed E-state index contributed by atoms with van der Waals surface area (Å²) in [6.07, 6.45) is 3.52. The summed E-state index contributed by atoms with van der Waals surface area (Å²) in [6, 6.07) is 12.7. The highest BCUT2D eigenvalue weighted by Gasteiger charge is 2.25. The van der Waals surface area contributed by atoms with Gasteiger partial charge in [0.15, 0.2) is 12.4 Å². The van der Waals surface area contributed by atoms with Crippen LogP contribution in [-0.2, 0) is 11.3 Å². The van der Waals surface area contributed by atoms with Gasteiger partial charge in [-0.05, 0) is 42.5 Å². The van der Waals surface area contributed by atoms with E-state index in [1.165, 1.54) is 0 Å². The van der Waals surface area contributed by atoms with Crippen LogP contribution in [0.4, 0.5) is 5.69 Å². The summed E-state index contributed by atoms with van der Waals surface area (Å²) < 4.78 is 7.35. The normalized spacial score (nSPS) is 13.4. The monoisotopic (exact) mass is 380 g/mol. The van der Waals surface area contributed by atoms with E-state index >= 15 is 0 Å². The van der Waals surface area contributed by atoms with Crippen LogP contribution in [0.1, 0.15) is 10.4 Å². The zero-order chi connectivity index (χ0) is 19.0. The quantitative estimate of drug-likeness (QED) is 0.495. The maximum atomic E-state index is 12.8. The van der Waals surface area contributed by atoms with Gasteiger partial charge in [0.2, 0.25) is 0 Å². The number of benzene rings is 2. The fourth-order valence-electron chi connectivity index (χ4n) is 3.26. The van der Waals surface area contributed by atoms with Gasteiger partial charge in [-0.3, -0.25) is 9.59 Å². The molecule has 1 aromatic heterocycles. The summed E-state index contributed by atoms with van der Waals surface area (Å²) in [5.74, 6) is 0.385. The molecule has 1 aliphatic heterocycles. The summed E-state index contributed by atoms with van der Waals surface area (Å²) in [7, 11) is 0. The first kappa shape index (κ1) is 17.4. The molecule has 136 valence electrons. The molecule has 0 aliphatic carbocycles. The van der Waals surface area contributed by atoms with Gasteiger partial charge in [0, 0.05) is 34.2 Å². The van der Waals surface area contributed by atoms with E-state index in [0.717, 1.165) is 10.9 Å². The van der Waals surface area contributed by atoms with E-state index in [-0.39, 0.29) is 24.8 Å². The number of Topliss-reactive ketones (excluding diaryl/α,β-unsaturated/α-hetero) is 1. The lowest BCUT2D eigenvalue weighted by Gasteiger charge is -2.28. The predicted molar refractivity (Wildman–Crippen MR) is 106 cm³/mol. The SMILES string of the molecule is C=CCN1C(=O)COc2ccc(C(=O)Cn3ccc4cc(Cl)ccc43)cc21. The molecule has 1 aliphatic rings. The molecule has 2 heterocycles. The molecular weight excluding hydrogens is 364 g/mol. The second-order valence-corrected chi connectivity index (χ2v) is 6.77. The van der Waals surface area contributed by atoms with E-state index < -0.39 is 0 Å². The number of carbonyl (C=O) groups is 2. The molecule has 0 atom stereocenters. The number of fused-ring (bicyclic) bond motifs is 2. The lowest BCUT2D eigenvalue weighted by Crippen LogP contribution is -2.38. The molecule has 0 unspecified atom stereocenters. The molecule has 6 heteroatoms. The minimum absolute atomic E-state index is 0.00789. The molecule has 0 fully saturated rings. The highest BCUT2D eigenvalue weighted by Crippen LogP contribution is 2.33. The molecule has 1 amide bonds. The van der Waals surface area contributed by atoms with Crippen LogP contribution in [0.15, 0.2) is 61.3 Å². The number of ether oxygens (including phenoxy) is 1. The smallest absolute Gasteiger partial charge is 0.265 e. The average Bonchev–Trinajstić information content (AvgIpc) is 3.05. The van der Waals surface area contributed by atoms with Crippen LogP contribution in [0.3, 0.4) is 0 Å². The molecular formula is C21H17ClN2O3. The van der Waals surface area contributed by atoms with Crippen LogP contribution in [0.25, 0.3) is 10.9 Å². The molecule has 0 N–H and O–H groups in total. The third-order valence-corrected chi connectivity index (χ3v) is 4.82. The molecule has 0 saturated carbocycles. The molecule has 0 saturated heterocycles. The summed E-state index contributed by atoms with van der Waals surface area (Å²) >= 11 is 6.02. The Morgan fingerprint density at radius 1 is 1.22 bits per heavy atom. The summed E-state index contributed by atoms with van der Waals surface area (Å²) in [6.45, 7) is 4.25. The van der Waals surface area contributed by atoms with Gasteiger partial charge >= 0.3 is 0 Å². The van der Waals surface area contributed by atoms with Crippen molar-refractivity contribution >= 4 is 39.9 Å². The molecule has 27 heavy (non-hydrogen) atoms. The molecule has 2 aromatic carbocycles. The standard InChI is InChI=1S/C21H17ClN2O3/c1-2-8-24-18-11-15(3-6-20(18)27-13-21(24)26)19(25)12-23-9-7-14-10-16(22)4-5-17(14)23/h2-7,9-11H,1,8,12-13H2. The minimum atomic E-state index is -0.153. The van der Waals surface area contributed by atoms with Gasteiger partial charge in [-0.25, -0.2) is 0 Å². The number of aromatic nitrogens is 1. The highest BCUT2D eigenvalue weighted by molar-refractivity contribution is 6.31. The van der Waals surface area contributed by atoms with E-state index in [4.69, 9.17) is 16.3 Å². The number of anilines is 1. The van der Waals surface area contributed by atoms with Crippen LogP contribution in [0.2, 0.25) is 5.02 Å². The number of halogens is 1. The lowest BCUT2D eigenvalue weighted by molar-refractivity contribution is -0.121. The Morgan fingerprint density at radius 2 is 2.07 bits per heavy atom. The van der Waals surface area contributed by atoms with Crippen molar-refractivity contribution in [3.8, 4) is 5.75 Å². The Kier molecular flexibility index (Phi) is 4.46. The Hall–Kier alpha value is -3.05. The number of rotatable bonds is 5. The number of carbonyl (C=O) groups excluding carboxylic acids is 2. The van der Waals surface area contributed by atoms with E-state index in [9.17, 15) is 9.59 Å². The van der Waals surface area contributed by atoms with E-state index in [1.54, 1.807) is 35.2 Å². The fraction of sp³-hybridized carbons (Fsp3) is 0.143. The summed E-state index contributed by atoms with van der Waals surface area (Å²) in [5.41, 5.74) is 2.07. The third-order valence-electron chi connectivity index (χ3n) is 4.58. The van der Waals surface area contributed by atoms with Gasteiger partial charge in [-0.2, -0.15) is 0 Å². The van der Waals surface area contributed by atoms with Crippen LogP contribution >= 0.6 is 11.6 Å². The van der Waals surface area contributed by atoms with Crippen molar-refractivity contribution in [3.05, 3.63) is 71.9 Å². The second-order valence-electron chi connectivity index (χ2n) is 6.33. The zero-order valence-corrected chi connectivity index (χ0v) is 15.3. The number of nitrogens with zero attached hydrogens (tertiary/aromatic N) is 2. The largest absolute Gasteiger partial charge is 0.482 e. The first-order valence-electron chi connectivity index (χ1n) is 8.52. The van der Waals surface area contributed by atoms with Gasteiger partial charge in [-0.1, -0.05) is 17.7 Å². The molecule has 0 radical (unpaired) electrons. The molecule has 0 bridgehead atoms. The Balaban J connectivity index is 1.64. The van der Waals surface area contributed by atoms with Crippen LogP contribution in [0, 0.1) is 0 Å². The maximum Gasteiger partial charge on any atom is 0.265 e. The zero-order valence-electron chi connectivity index (χ0n) is 14.5. The lowest BCUT2D eigenvalue weighted by atomic mass is 10.1. The van der Waals surface area contributed by atoms with Gasteiger partial charge < -0.3 is 14.2 Å². The molecule has 4 rings (SSSR count). The maximum absolute atomic E-state index is 12.8. The van der Waals surface area contributed by atoms with E-state index in [0.29, 0.717) is 28.6 Å². The number of hydrogen-bond acceptors (Lipinski definition) is 3. The number of ketones is 1. The van der Waals surface area contributed by atoms with E-state index in [1.807, 2.05) is 29.0 Å². The first-order chi connectivity index (χ1) is 13.1. The van der Waals surface area contributed by atoms with Crippen molar-refractivity contribution in [2.24, 2.45) is 0 Å². The fourth-order valence-corrected chi connectivity index (χ4v) is 3.44. The Bertz CT molecular complexity index is 1070. The molecule has 3 aromatic rings. The second kappa shape index (κ2) is 6.93. The van der Waals surface area contributed by atoms with Crippen molar-refractivity contribution in [2.45, 2.75) is 6.54 Å². The van der Waals surface area contributed by atoms with Crippen LogP contribution in [-0.4, -0.2) is 29.4 Å². The van der Waals surface area contributed by atoms with Crippen LogP contribution in [0.5, 0.6) is 5.75 Å². The number of hydrogen-bond donors (Lipinski definition) is 0. The minimum Gasteiger partial charge on any atom is -0.482 e. The van der Waals surface area contributed by atoms with Gasteiger partial charge in [0.05, 0.1) is 12.2 Å². The highest BCUT2D eigenvalue weighted by atomic mass is 35.5. The Labute approximate surface area is 161 Å². The topological polar surface area (TPSA) is 51.5 Å². The third kappa shape index (κ3) is 3.22. The predicted octanol–water partition coefficient (Wildman–Crippen LogP) is 4.09. The van der Waals surface area contributed by atoms with Gasteiger partial charge in [0.25, 0.3) is 5.91 Å². The van der Waals surface area contributed by atoms with E-state index in [2.05, 4.69) is 6.58 Å². The van der Waals surface area contributed by atoms with Crippen LogP contribution < -0.4 is 9.64 Å². The Morgan fingerprint density at radius 3 is 2.89 bits per heavy atom. The van der Waals surface area contributed by atoms with Crippen molar-refractivity contribution in [2.75, 3.05) is 18.1 Å². The number of amides is 1. The van der Waals surface area contributed by atoms with Crippen molar-refractivity contribution < 1.29 is 14.3 Å². The van der Waals surface area contributed by atoms with Crippen molar-refractivity contribution in [3.63, 3.8) is 0 Å². The average molecular weight is 381 g/mol. The van der Waals surface area contributed by atoms with Gasteiger partial charge in [0.1, 0.15) is 5.75 Å².